The van der Waals surface area contributed by atoms with Crippen LogP contribution in [0.25, 0.3) is 17.2 Å². The minimum absolute atomic E-state index is 0.0842. The first-order chi connectivity index (χ1) is 12.7. The number of carbonyl (C=O) groups excluding carboxylic acids is 1. The second-order valence-corrected chi connectivity index (χ2v) is 5.40. The topological polar surface area (TPSA) is 85.4 Å². The SMILES string of the molecule is COc1cccc(/C=C/C(=O)[C@@H](C#N)c2nc3ccccc3o2)c1OC. The molecule has 3 rings (SSSR count). The zero-order valence-electron chi connectivity index (χ0n) is 14.3. The van der Waals surface area contributed by atoms with Gasteiger partial charge in [0.05, 0.1) is 20.3 Å². The Bertz CT molecular complexity index is 981. The van der Waals surface area contributed by atoms with Crippen molar-refractivity contribution in [2.45, 2.75) is 5.92 Å². The van der Waals surface area contributed by atoms with E-state index in [9.17, 15) is 10.1 Å². The van der Waals surface area contributed by atoms with Crippen LogP contribution < -0.4 is 9.47 Å². The molecule has 0 fully saturated rings. The smallest absolute Gasteiger partial charge is 0.220 e. The Morgan fingerprint density at radius 3 is 2.69 bits per heavy atom. The molecule has 0 aliphatic heterocycles. The van der Waals surface area contributed by atoms with Crippen LogP contribution in [0.5, 0.6) is 11.5 Å². The second-order valence-electron chi connectivity index (χ2n) is 5.40. The normalized spacial score (nSPS) is 12.0. The van der Waals surface area contributed by atoms with E-state index in [-0.39, 0.29) is 5.89 Å². The van der Waals surface area contributed by atoms with Gasteiger partial charge in [0.1, 0.15) is 5.52 Å². The van der Waals surface area contributed by atoms with Crippen molar-refractivity contribution in [3.63, 3.8) is 0 Å². The van der Waals surface area contributed by atoms with E-state index in [2.05, 4.69) is 4.98 Å². The van der Waals surface area contributed by atoms with Gasteiger partial charge >= 0.3 is 0 Å². The molecule has 0 aliphatic rings. The molecular weight excluding hydrogens is 332 g/mol. The zero-order valence-corrected chi connectivity index (χ0v) is 14.3. The highest BCUT2D eigenvalue weighted by Gasteiger charge is 2.24. The molecule has 0 saturated heterocycles. The molecule has 6 nitrogen and oxygen atoms in total. The highest BCUT2D eigenvalue weighted by Crippen LogP contribution is 2.31. The molecule has 130 valence electrons. The molecule has 6 heteroatoms. The van der Waals surface area contributed by atoms with E-state index < -0.39 is 11.7 Å². The average Bonchev–Trinajstić information content (AvgIpc) is 3.10. The average molecular weight is 348 g/mol. The van der Waals surface area contributed by atoms with Gasteiger partial charge in [0.15, 0.2) is 28.8 Å². The number of carbonyl (C=O) groups is 1. The molecule has 0 amide bonds. The number of nitrogens with zero attached hydrogens (tertiary/aromatic N) is 2. The van der Waals surface area contributed by atoms with Gasteiger partial charge in [0.25, 0.3) is 0 Å². The summed E-state index contributed by atoms with van der Waals surface area (Å²) in [5.41, 5.74) is 1.80. The van der Waals surface area contributed by atoms with E-state index in [0.717, 1.165) is 0 Å². The number of hydrogen-bond acceptors (Lipinski definition) is 6. The maximum atomic E-state index is 12.5. The Hall–Kier alpha value is -3.59. The van der Waals surface area contributed by atoms with Gasteiger partial charge in [-0.15, -0.1) is 0 Å². The third kappa shape index (κ3) is 3.28. The summed E-state index contributed by atoms with van der Waals surface area (Å²) in [6.45, 7) is 0. The van der Waals surface area contributed by atoms with Crippen LogP contribution in [0.2, 0.25) is 0 Å². The molecule has 0 radical (unpaired) electrons. The minimum atomic E-state index is -1.12. The monoisotopic (exact) mass is 348 g/mol. The van der Waals surface area contributed by atoms with Crippen LogP contribution in [0.15, 0.2) is 53.0 Å². The van der Waals surface area contributed by atoms with E-state index in [4.69, 9.17) is 13.9 Å². The summed E-state index contributed by atoms with van der Waals surface area (Å²) >= 11 is 0. The summed E-state index contributed by atoms with van der Waals surface area (Å²) in [5, 5.41) is 9.41. The predicted octanol–water partition coefficient (Wildman–Crippen LogP) is 3.73. The molecule has 0 saturated carbocycles. The summed E-state index contributed by atoms with van der Waals surface area (Å²) in [6.07, 6.45) is 2.90. The van der Waals surface area contributed by atoms with Crippen molar-refractivity contribution < 1.29 is 18.7 Å². The number of fused-ring (bicyclic) bond motifs is 1. The van der Waals surface area contributed by atoms with Crippen LogP contribution in [0.1, 0.15) is 17.4 Å². The number of para-hydroxylation sites is 3. The van der Waals surface area contributed by atoms with Crippen LogP contribution in [-0.2, 0) is 4.79 Å². The Morgan fingerprint density at radius 1 is 1.19 bits per heavy atom. The lowest BCUT2D eigenvalue weighted by Crippen LogP contribution is -2.08. The van der Waals surface area contributed by atoms with Crippen molar-refractivity contribution in [3.8, 4) is 17.6 Å². The summed E-state index contributed by atoms with van der Waals surface area (Å²) in [6, 6.07) is 14.4. The lowest BCUT2D eigenvalue weighted by molar-refractivity contribution is -0.115. The van der Waals surface area contributed by atoms with E-state index in [1.54, 1.807) is 42.5 Å². The molecular formula is C20H16N2O4. The van der Waals surface area contributed by atoms with Gasteiger partial charge < -0.3 is 13.9 Å². The minimum Gasteiger partial charge on any atom is -0.493 e. The van der Waals surface area contributed by atoms with E-state index in [0.29, 0.717) is 28.2 Å². The molecule has 0 unspecified atom stereocenters. The Balaban J connectivity index is 1.88. The van der Waals surface area contributed by atoms with Crippen LogP contribution >= 0.6 is 0 Å². The van der Waals surface area contributed by atoms with Gasteiger partial charge in [-0.3, -0.25) is 4.79 Å². The van der Waals surface area contributed by atoms with Crippen molar-refractivity contribution in [1.29, 1.82) is 5.26 Å². The highest BCUT2D eigenvalue weighted by atomic mass is 16.5. The molecule has 1 heterocycles. The number of ether oxygens (including phenoxy) is 2. The molecule has 0 N–H and O–H groups in total. The molecule has 1 aromatic heterocycles. The maximum Gasteiger partial charge on any atom is 0.220 e. The van der Waals surface area contributed by atoms with E-state index >= 15 is 0 Å². The van der Waals surface area contributed by atoms with Gasteiger partial charge in [0.2, 0.25) is 5.89 Å². The highest BCUT2D eigenvalue weighted by molar-refractivity contribution is 6.00. The molecule has 26 heavy (non-hydrogen) atoms. The first kappa shape index (κ1) is 17.2. The van der Waals surface area contributed by atoms with Crippen LogP contribution in [-0.4, -0.2) is 25.0 Å². The molecule has 0 spiro atoms. The van der Waals surface area contributed by atoms with Crippen LogP contribution in [0.4, 0.5) is 0 Å². The first-order valence-corrected chi connectivity index (χ1v) is 7.86. The third-order valence-corrected chi connectivity index (χ3v) is 3.83. The second kappa shape index (κ2) is 7.53. The van der Waals surface area contributed by atoms with Crippen molar-refractivity contribution in [2.75, 3.05) is 14.2 Å². The Kier molecular flexibility index (Phi) is 4.99. The van der Waals surface area contributed by atoms with Crippen LogP contribution in [0, 0.1) is 11.3 Å². The quantitative estimate of drug-likeness (QED) is 0.631. The lowest BCUT2D eigenvalue weighted by Gasteiger charge is -2.09. The molecule has 2 aromatic carbocycles. The number of ketones is 1. The number of oxazole rings is 1. The Morgan fingerprint density at radius 2 is 2.00 bits per heavy atom. The molecule has 3 aromatic rings. The van der Waals surface area contributed by atoms with Gasteiger partial charge in [-0.05, 0) is 30.4 Å². The lowest BCUT2D eigenvalue weighted by atomic mass is 10.0. The Labute approximate surface area is 150 Å². The van der Waals surface area contributed by atoms with E-state index in [1.165, 1.54) is 20.3 Å². The third-order valence-electron chi connectivity index (χ3n) is 3.83. The number of aromatic nitrogens is 1. The summed E-state index contributed by atoms with van der Waals surface area (Å²) in [5.74, 6) is -0.396. The van der Waals surface area contributed by atoms with Crippen molar-refractivity contribution in [3.05, 3.63) is 60.0 Å². The molecule has 0 bridgehead atoms. The number of benzene rings is 2. The van der Waals surface area contributed by atoms with Crippen molar-refractivity contribution in [2.24, 2.45) is 0 Å². The largest absolute Gasteiger partial charge is 0.493 e. The summed E-state index contributed by atoms with van der Waals surface area (Å²) in [7, 11) is 3.06. The fraction of sp³-hybridized carbons (Fsp3) is 0.150. The van der Waals surface area contributed by atoms with Crippen molar-refractivity contribution in [1.82, 2.24) is 4.98 Å². The van der Waals surface area contributed by atoms with Gasteiger partial charge in [-0.25, -0.2) is 4.98 Å². The fourth-order valence-electron chi connectivity index (χ4n) is 2.57. The van der Waals surface area contributed by atoms with Crippen molar-refractivity contribution >= 4 is 23.0 Å². The summed E-state index contributed by atoms with van der Waals surface area (Å²) in [4.78, 5) is 16.7. The maximum absolute atomic E-state index is 12.5. The number of nitriles is 1. The van der Waals surface area contributed by atoms with Crippen LogP contribution in [0.3, 0.4) is 0 Å². The number of hydrogen-bond donors (Lipinski definition) is 0. The van der Waals surface area contributed by atoms with Gasteiger partial charge in [0, 0.05) is 5.56 Å². The first-order valence-electron chi connectivity index (χ1n) is 7.86. The fourth-order valence-corrected chi connectivity index (χ4v) is 2.57. The number of rotatable bonds is 6. The predicted molar refractivity (Wildman–Crippen MR) is 96.0 cm³/mol. The standard InChI is InChI=1S/C20H16N2O4/c1-24-18-9-5-6-13(19(18)25-2)10-11-16(23)14(12-21)20-22-15-7-3-4-8-17(15)26-20/h3-11,14H,1-2H3/b11-10+/t14-/m1/s1. The van der Waals surface area contributed by atoms with Gasteiger partial charge in [-0.2, -0.15) is 5.26 Å². The number of methoxy groups -OCH3 is 2. The summed E-state index contributed by atoms with van der Waals surface area (Å²) < 4.78 is 16.1. The molecule has 1 atom stereocenters. The molecule has 0 aliphatic carbocycles. The van der Waals surface area contributed by atoms with E-state index in [1.807, 2.05) is 12.1 Å². The zero-order chi connectivity index (χ0) is 18.5. The van der Waals surface area contributed by atoms with Gasteiger partial charge in [-0.1, -0.05) is 24.3 Å². The number of allylic oxidation sites excluding steroid dienone is 1.